The van der Waals surface area contributed by atoms with Gasteiger partial charge in [0, 0.05) is 18.3 Å². The molecule has 0 fully saturated rings. The Morgan fingerprint density at radius 3 is 2.35 bits per heavy atom. The Bertz CT molecular complexity index is 1770. The summed E-state index contributed by atoms with van der Waals surface area (Å²) in [5, 5.41) is 21.2. The van der Waals surface area contributed by atoms with Crippen LogP contribution in [0.15, 0.2) is 73.1 Å². The lowest BCUT2D eigenvalue weighted by atomic mass is 10.1. The summed E-state index contributed by atoms with van der Waals surface area (Å²) in [5.74, 6) is 2.10. The van der Waals surface area contributed by atoms with E-state index in [4.69, 9.17) is 25.0 Å². The Kier molecular flexibility index (Phi) is 7.38. The Balaban J connectivity index is 1.57. The zero-order valence-electron chi connectivity index (χ0n) is 22.2. The summed E-state index contributed by atoms with van der Waals surface area (Å²) in [5.41, 5.74) is 6.15. The standard InChI is InChI=1S/C31H25N7O2/c1-20-15-24(5-4-14-32)16-21(2)28(20)40-30-27-29(34-19-38(27)18-23-8-12-26(39-3)13-9-23)36-31(37-30)35-25-10-6-22(17-33)7-11-25/h4-13,15-16,19H,18H2,1-3H3,(H,35,36,37)/b5-4+. The Morgan fingerprint density at radius 1 is 0.975 bits per heavy atom. The summed E-state index contributed by atoms with van der Waals surface area (Å²) in [6.45, 7) is 4.43. The quantitative estimate of drug-likeness (QED) is 0.229. The third-order valence-electron chi connectivity index (χ3n) is 6.25. The molecule has 0 bridgehead atoms. The predicted octanol–water partition coefficient (Wildman–Crippen LogP) is 6.44. The monoisotopic (exact) mass is 527 g/mol. The van der Waals surface area contributed by atoms with Crippen LogP contribution in [0.2, 0.25) is 0 Å². The zero-order chi connectivity index (χ0) is 28.1. The van der Waals surface area contributed by atoms with Crippen LogP contribution in [0, 0.1) is 36.5 Å². The van der Waals surface area contributed by atoms with Crippen molar-refractivity contribution in [3.8, 4) is 29.5 Å². The number of hydrogen-bond acceptors (Lipinski definition) is 8. The SMILES string of the molecule is COc1ccc(Cn2cnc3nc(Nc4ccc(C#N)cc4)nc(Oc4c(C)cc(/C=C/C#N)cc4C)c32)cc1. The molecule has 0 spiro atoms. The number of fused-ring (bicyclic) bond motifs is 1. The topological polar surface area (TPSA) is 122 Å². The van der Waals surface area contributed by atoms with Gasteiger partial charge in [-0.05, 0) is 90.7 Å². The minimum atomic E-state index is 0.311. The van der Waals surface area contributed by atoms with E-state index in [0.717, 1.165) is 33.7 Å². The average Bonchev–Trinajstić information content (AvgIpc) is 3.37. The van der Waals surface area contributed by atoms with Crippen LogP contribution < -0.4 is 14.8 Å². The van der Waals surface area contributed by atoms with E-state index in [1.165, 1.54) is 6.08 Å². The molecule has 5 aromatic rings. The van der Waals surface area contributed by atoms with Crippen molar-refractivity contribution in [1.29, 1.82) is 10.5 Å². The molecule has 0 unspecified atom stereocenters. The molecule has 0 aliphatic carbocycles. The minimum Gasteiger partial charge on any atom is -0.497 e. The highest BCUT2D eigenvalue weighted by Gasteiger charge is 2.18. The van der Waals surface area contributed by atoms with E-state index >= 15 is 0 Å². The second kappa shape index (κ2) is 11.4. The van der Waals surface area contributed by atoms with Gasteiger partial charge in [-0.1, -0.05) is 12.1 Å². The molecular formula is C31H25N7O2. The van der Waals surface area contributed by atoms with Crippen molar-refractivity contribution in [2.45, 2.75) is 20.4 Å². The van der Waals surface area contributed by atoms with Crippen LogP contribution >= 0.6 is 0 Å². The molecule has 2 aromatic heterocycles. The molecule has 40 heavy (non-hydrogen) atoms. The summed E-state index contributed by atoms with van der Waals surface area (Å²) >= 11 is 0. The molecule has 3 aromatic carbocycles. The molecule has 0 atom stereocenters. The van der Waals surface area contributed by atoms with Crippen LogP contribution in [0.3, 0.4) is 0 Å². The second-order valence-electron chi connectivity index (χ2n) is 9.11. The molecular weight excluding hydrogens is 502 g/mol. The first-order valence-corrected chi connectivity index (χ1v) is 12.5. The van der Waals surface area contributed by atoms with Gasteiger partial charge in [-0.25, -0.2) is 4.98 Å². The maximum Gasteiger partial charge on any atom is 0.250 e. The van der Waals surface area contributed by atoms with Crippen molar-refractivity contribution in [2.24, 2.45) is 0 Å². The molecule has 2 heterocycles. The van der Waals surface area contributed by atoms with Crippen molar-refractivity contribution < 1.29 is 9.47 Å². The number of methoxy groups -OCH3 is 1. The highest BCUT2D eigenvalue weighted by atomic mass is 16.5. The first-order valence-electron chi connectivity index (χ1n) is 12.5. The molecule has 0 saturated heterocycles. The summed E-state index contributed by atoms with van der Waals surface area (Å²) in [4.78, 5) is 13.9. The number of anilines is 2. The van der Waals surface area contributed by atoms with Crippen molar-refractivity contribution in [3.63, 3.8) is 0 Å². The Labute approximate surface area is 231 Å². The number of aromatic nitrogens is 4. The average molecular weight is 528 g/mol. The van der Waals surface area contributed by atoms with Gasteiger partial charge in [0.2, 0.25) is 5.95 Å². The number of nitriles is 2. The van der Waals surface area contributed by atoms with Gasteiger partial charge in [-0.3, -0.25) is 0 Å². The van der Waals surface area contributed by atoms with Crippen molar-refractivity contribution >= 4 is 28.9 Å². The largest absolute Gasteiger partial charge is 0.497 e. The van der Waals surface area contributed by atoms with Crippen molar-refractivity contribution in [1.82, 2.24) is 19.5 Å². The van der Waals surface area contributed by atoms with Gasteiger partial charge in [0.15, 0.2) is 11.2 Å². The van der Waals surface area contributed by atoms with E-state index in [1.54, 1.807) is 43.8 Å². The van der Waals surface area contributed by atoms with Gasteiger partial charge < -0.3 is 19.4 Å². The number of aryl methyl sites for hydroxylation is 2. The maximum absolute atomic E-state index is 9.11. The normalized spacial score (nSPS) is 10.8. The highest BCUT2D eigenvalue weighted by Crippen LogP contribution is 2.34. The van der Waals surface area contributed by atoms with Crippen LogP contribution in [0.1, 0.15) is 27.8 Å². The van der Waals surface area contributed by atoms with Gasteiger partial charge in [0.05, 0.1) is 31.1 Å². The Hall–Kier alpha value is -5.67. The lowest BCUT2D eigenvalue weighted by Gasteiger charge is -2.15. The molecule has 0 radical (unpaired) electrons. The van der Waals surface area contributed by atoms with Crippen LogP contribution in [-0.2, 0) is 6.54 Å². The fourth-order valence-corrected chi connectivity index (χ4v) is 4.35. The highest BCUT2D eigenvalue weighted by molar-refractivity contribution is 5.79. The first kappa shape index (κ1) is 26.0. The van der Waals surface area contributed by atoms with Gasteiger partial charge in [0.25, 0.3) is 5.88 Å². The summed E-state index contributed by atoms with van der Waals surface area (Å²) < 4.78 is 13.7. The zero-order valence-corrected chi connectivity index (χ0v) is 22.2. The molecule has 196 valence electrons. The number of imidazole rings is 1. The number of ether oxygens (including phenoxy) is 2. The minimum absolute atomic E-state index is 0.311. The molecule has 5 rings (SSSR count). The van der Waals surface area contributed by atoms with E-state index in [0.29, 0.717) is 40.8 Å². The molecule has 1 N–H and O–H groups in total. The van der Waals surface area contributed by atoms with E-state index in [9.17, 15) is 0 Å². The molecule has 9 heteroatoms. The second-order valence-corrected chi connectivity index (χ2v) is 9.11. The fourth-order valence-electron chi connectivity index (χ4n) is 4.35. The van der Waals surface area contributed by atoms with Gasteiger partial charge in [-0.2, -0.15) is 20.5 Å². The molecule has 0 saturated carbocycles. The summed E-state index contributed by atoms with van der Waals surface area (Å²) in [6.07, 6.45) is 4.93. The van der Waals surface area contributed by atoms with Gasteiger partial charge >= 0.3 is 0 Å². The maximum atomic E-state index is 9.11. The van der Waals surface area contributed by atoms with Crippen molar-refractivity contribution in [3.05, 3.63) is 101 Å². The molecule has 0 amide bonds. The molecule has 0 aliphatic rings. The lowest BCUT2D eigenvalue weighted by molar-refractivity contribution is 0.414. The van der Waals surface area contributed by atoms with Gasteiger partial charge in [-0.15, -0.1) is 0 Å². The third-order valence-corrected chi connectivity index (χ3v) is 6.25. The van der Waals surface area contributed by atoms with E-state index in [2.05, 4.69) is 21.4 Å². The summed E-state index contributed by atoms with van der Waals surface area (Å²) in [7, 11) is 1.64. The predicted molar refractivity (Wildman–Crippen MR) is 152 cm³/mol. The number of hydrogen-bond donors (Lipinski definition) is 1. The number of nitrogens with one attached hydrogen (secondary N) is 1. The molecule has 9 nitrogen and oxygen atoms in total. The van der Waals surface area contributed by atoms with E-state index in [1.807, 2.05) is 60.9 Å². The fraction of sp³-hybridized carbons (Fsp3) is 0.129. The number of rotatable bonds is 8. The van der Waals surface area contributed by atoms with Crippen LogP contribution in [0.5, 0.6) is 17.4 Å². The third kappa shape index (κ3) is 5.59. The van der Waals surface area contributed by atoms with Crippen LogP contribution in [-0.4, -0.2) is 26.6 Å². The van der Waals surface area contributed by atoms with Crippen molar-refractivity contribution in [2.75, 3.05) is 12.4 Å². The first-order chi connectivity index (χ1) is 19.5. The van der Waals surface area contributed by atoms with Crippen LogP contribution in [0.4, 0.5) is 11.6 Å². The number of benzene rings is 3. The van der Waals surface area contributed by atoms with Gasteiger partial charge in [0.1, 0.15) is 11.5 Å². The number of nitrogens with zero attached hydrogens (tertiary/aromatic N) is 6. The Morgan fingerprint density at radius 2 is 1.70 bits per heavy atom. The molecule has 0 aliphatic heterocycles. The van der Waals surface area contributed by atoms with E-state index < -0.39 is 0 Å². The smallest absolute Gasteiger partial charge is 0.250 e. The lowest BCUT2D eigenvalue weighted by Crippen LogP contribution is -2.05. The van der Waals surface area contributed by atoms with E-state index in [-0.39, 0.29) is 0 Å². The summed E-state index contributed by atoms with van der Waals surface area (Å²) in [6, 6.07) is 22.9. The van der Waals surface area contributed by atoms with Crippen LogP contribution in [0.25, 0.3) is 17.2 Å². The number of allylic oxidation sites excluding steroid dienone is 1.